The summed E-state index contributed by atoms with van der Waals surface area (Å²) in [7, 11) is 0. The third-order valence-electron chi connectivity index (χ3n) is 12.7. The van der Waals surface area contributed by atoms with Crippen molar-refractivity contribution >= 4 is 12.2 Å². The molecule has 0 amide bonds. The predicted octanol–water partition coefficient (Wildman–Crippen LogP) is 14.8. The zero-order valence-electron chi connectivity index (χ0n) is 36.4. The Hall–Kier alpha value is -3.64. The van der Waals surface area contributed by atoms with Crippen molar-refractivity contribution in [2.45, 2.75) is 170 Å². The minimum absolute atomic E-state index is 0.156. The third kappa shape index (κ3) is 7.49. The van der Waals surface area contributed by atoms with Crippen LogP contribution in [-0.4, -0.2) is 0 Å². The zero-order valence-corrected chi connectivity index (χ0v) is 36.4. The van der Waals surface area contributed by atoms with Gasteiger partial charge >= 0.3 is 0 Å². The van der Waals surface area contributed by atoms with Crippen molar-refractivity contribution in [3.8, 4) is 22.3 Å². The van der Waals surface area contributed by atoms with Gasteiger partial charge in [0, 0.05) is 0 Å². The van der Waals surface area contributed by atoms with Crippen molar-refractivity contribution in [2.24, 2.45) is 0 Å². The topological polar surface area (TPSA) is 0 Å². The van der Waals surface area contributed by atoms with Crippen molar-refractivity contribution in [3.63, 3.8) is 0 Å². The maximum atomic E-state index is 2.51. The molecule has 0 bridgehead atoms. The maximum absolute atomic E-state index is 2.51. The molecule has 0 nitrogen and oxygen atoms in total. The SMILES string of the molecule is CC1=Cc2c(cc3c(c2-c2cc(C(C)(C)C)cc(C(C)(C)C)c2)CCC3)C1.CC1=Cc2c(cc3c(c2-c2cc(C(C)(C)C)cc(C(C)(C)C)c2)CCC3)C1. The molecule has 0 fully saturated rings. The van der Waals surface area contributed by atoms with Crippen LogP contribution in [0.1, 0.15) is 177 Å². The largest absolute Gasteiger partial charge is 0.0683 e. The first kappa shape index (κ1) is 38.6. The van der Waals surface area contributed by atoms with Crippen LogP contribution in [0.5, 0.6) is 0 Å². The van der Waals surface area contributed by atoms with Crippen molar-refractivity contribution in [1.82, 2.24) is 0 Å². The molecule has 0 saturated heterocycles. The average Bonchev–Trinajstić information content (AvgIpc) is 3.86. The maximum Gasteiger partial charge on any atom is -0.00603 e. The highest BCUT2D eigenvalue weighted by molar-refractivity contribution is 5.86. The van der Waals surface area contributed by atoms with Gasteiger partial charge in [-0.25, -0.2) is 0 Å². The van der Waals surface area contributed by atoms with E-state index < -0.39 is 0 Å². The van der Waals surface area contributed by atoms with Crippen LogP contribution in [0.3, 0.4) is 0 Å². The number of rotatable bonds is 2. The van der Waals surface area contributed by atoms with Gasteiger partial charge in [-0.1, -0.05) is 155 Å². The van der Waals surface area contributed by atoms with Gasteiger partial charge in [-0.2, -0.15) is 0 Å². The number of aryl methyl sites for hydroxylation is 2. The molecule has 0 atom stereocenters. The molecule has 4 aromatic rings. The molecule has 0 saturated carbocycles. The summed E-state index contributed by atoms with van der Waals surface area (Å²) in [5, 5.41) is 0. The van der Waals surface area contributed by atoms with Gasteiger partial charge in [0.1, 0.15) is 0 Å². The highest BCUT2D eigenvalue weighted by Crippen LogP contribution is 2.46. The molecule has 8 rings (SSSR count). The molecular weight excluding hydrogens is 649 g/mol. The smallest absolute Gasteiger partial charge is 0.00603 e. The number of benzene rings is 4. The fourth-order valence-electron chi connectivity index (χ4n) is 9.40. The van der Waals surface area contributed by atoms with E-state index in [0.717, 1.165) is 12.8 Å². The summed E-state index contributed by atoms with van der Waals surface area (Å²) in [6, 6.07) is 19.8. The molecule has 284 valence electrons. The summed E-state index contributed by atoms with van der Waals surface area (Å²) in [4.78, 5) is 0. The van der Waals surface area contributed by atoms with E-state index in [9.17, 15) is 0 Å². The molecule has 0 heteroatoms. The van der Waals surface area contributed by atoms with E-state index in [1.54, 1.807) is 33.4 Å². The number of allylic oxidation sites excluding steroid dienone is 2. The average molecular weight is 717 g/mol. The fourth-order valence-corrected chi connectivity index (χ4v) is 9.40. The van der Waals surface area contributed by atoms with Gasteiger partial charge in [0.25, 0.3) is 0 Å². The second-order valence-electron chi connectivity index (χ2n) is 21.6. The number of hydrogen-bond acceptors (Lipinski definition) is 0. The predicted molar refractivity (Wildman–Crippen MR) is 237 cm³/mol. The molecule has 0 N–H and O–H groups in total. The Morgan fingerprint density at radius 1 is 0.370 bits per heavy atom. The molecule has 4 aliphatic carbocycles. The highest BCUT2D eigenvalue weighted by Gasteiger charge is 2.29. The minimum Gasteiger partial charge on any atom is -0.0683 e. The Morgan fingerprint density at radius 3 is 0.981 bits per heavy atom. The van der Waals surface area contributed by atoms with E-state index in [1.165, 1.54) is 105 Å². The second kappa shape index (κ2) is 13.5. The quantitative estimate of drug-likeness (QED) is 0.194. The Bertz CT molecular complexity index is 1970. The van der Waals surface area contributed by atoms with Crippen LogP contribution in [0.25, 0.3) is 34.4 Å². The first-order chi connectivity index (χ1) is 25.1. The molecule has 54 heavy (non-hydrogen) atoms. The van der Waals surface area contributed by atoms with Gasteiger partial charge in [-0.05, 0) is 176 Å². The molecule has 0 spiro atoms. The zero-order chi connectivity index (χ0) is 39.1. The molecular formula is C54H68. The summed E-state index contributed by atoms with van der Waals surface area (Å²) in [5.41, 5.74) is 27.9. The number of fused-ring (bicyclic) bond motifs is 4. The summed E-state index contributed by atoms with van der Waals surface area (Å²) >= 11 is 0. The molecule has 4 aliphatic rings. The van der Waals surface area contributed by atoms with Crippen molar-refractivity contribution in [3.05, 3.63) is 126 Å². The van der Waals surface area contributed by atoms with Gasteiger partial charge < -0.3 is 0 Å². The molecule has 0 unspecified atom stereocenters. The Balaban J connectivity index is 0.000000167. The second-order valence-corrected chi connectivity index (χ2v) is 21.6. The van der Waals surface area contributed by atoms with Crippen LogP contribution in [-0.2, 0) is 60.2 Å². The van der Waals surface area contributed by atoms with Gasteiger partial charge in [0.2, 0.25) is 0 Å². The van der Waals surface area contributed by atoms with E-state index in [2.05, 4.69) is 158 Å². The fraction of sp³-hybridized carbons (Fsp3) is 0.481. The summed E-state index contributed by atoms with van der Waals surface area (Å²) in [6.07, 6.45) is 14.7. The van der Waals surface area contributed by atoms with E-state index in [0.29, 0.717) is 0 Å². The lowest BCUT2D eigenvalue weighted by atomic mass is 9.77. The molecule has 4 aromatic carbocycles. The summed E-state index contributed by atoms with van der Waals surface area (Å²) in [5.74, 6) is 0. The van der Waals surface area contributed by atoms with Crippen LogP contribution in [0.15, 0.2) is 59.7 Å². The van der Waals surface area contributed by atoms with Gasteiger partial charge in [-0.3, -0.25) is 0 Å². The Morgan fingerprint density at radius 2 is 0.685 bits per heavy atom. The van der Waals surface area contributed by atoms with Gasteiger partial charge in [0.05, 0.1) is 0 Å². The van der Waals surface area contributed by atoms with E-state index in [4.69, 9.17) is 0 Å². The van der Waals surface area contributed by atoms with Crippen LogP contribution < -0.4 is 0 Å². The highest BCUT2D eigenvalue weighted by atomic mass is 14.3. The summed E-state index contributed by atoms with van der Waals surface area (Å²) in [6.45, 7) is 32.6. The van der Waals surface area contributed by atoms with Crippen LogP contribution in [0, 0.1) is 0 Å². The molecule has 0 aromatic heterocycles. The lowest BCUT2D eigenvalue weighted by Crippen LogP contribution is -2.16. The first-order valence-electron chi connectivity index (χ1n) is 21.1. The van der Waals surface area contributed by atoms with Crippen LogP contribution in [0.2, 0.25) is 0 Å². The normalized spacial score (nSPS) is 16.3. The van der Waals surface area contributed by atoms with Crippen LogP contribution in [0.4, 0.5) is 0 Å². The lowest BCUT2D eigenvalue weighted by molar-refractivity contribution is 0.568. The van der Waals surface area contributed by atoms with Crippen LogP contribution >= 0.6 is 0 Å². The van der Waals surface area contributed by atoms with Crippen molar-refractivity contribution in [2.75, 3.05) is 0 Å². The van der Waals surface area contributed by atoms with E-state index >= 15 is 0 Å². The van der Waals surface area contributed by atoms with Crippen molar-refractivity contribution < 1.29 is 0 Å². The van der Waals surface area contributed by atoms with Crippen molar-refractivity contribution in [1.29, 1.82) is 0 Å². The van der Waals surface area contributed by atoms with Gasteiger partial charge in [0.15, 0.2) is 0 Å². The lowest BCUT2D eigenvalue weighted by Gasteiger charge is -2.27. The Kier molecular flexibility index (Phi) is 9.68. The van der Waals surface area contributed by atoms with E-state index in [-0.39, 0.29) is 21.7 Å². The molecule has 0 aliphatic heterocycles. The standard InChI is InChI=1S/2C27H34/c2*1-17-11-19-13-18-9-8-10-23(18)25(24(19)12-17)20-14-21(26(2,3)4)16-22(15-20)27(5,6)7/h2*12-16H,8-11H2,1-7H3. The number of hydrogen-bond donors (Lipinski definition) is 0. The third-order valence-corrected chi connectivity index (χ3v) is 12.7. The first-order valence-corrected chi connectivity index (χ1v) is 21.1. The van der Waals surface area contributed by atoms with E-state index in [1.807, 2.05) is 0 Å². The monoisotopic (exact) mass is 717 g/mol. The Labute approximate surface area is 329 Å². The minimum atomic E-state index is 0.156. The molecule has 0 radical (unpaired) electrons. The van der Waals surface area contributed by atoms with Gasteiger partial charge in [-0.15, -0.1) is 0 Å². The summed E-state index contributed by atoms with van der Waals surface area (Å²) < 4.78 is 0. The molecule has 0 heterocycles.